The minimum atomic E-state index is -0.00768. The van der Waals surface area contributed by atoms with E-state index >= 15 is 0 Å². The number of para-hydroxylation sites is 1. The van der Waals surface area contributed by atoms with Crippen LogP contribution in [0.3, 0.4) is 0 Å². The van der Waals surface area contributed by atoms with Gasteiger partial charge in [-0.3, -0.25) is 9.59 Å². The lowest BCUT2D eigenvalue weighted by Gasteiger charge is -2.22. The third-order valence-corrected chi connectivity index (χ3v) is 4.29. The monoisotopic (exact) mass is 341 g/mol. The van der Waals surface area contributed by atoms with Crippen molar-refractivity contribution in [2.24, 2.45) is 0 Å². The standard InChI is InChI=1S/C19H23N3O3/c23-18(9-15-25-16-6-2-1-3-7-16)21-11-5-12-22(14-13-21)19(24)17-8-4-10-20-17/h1-4,6-8,10,20H,5,9,11-15H2. The number of ether oxygens (including phenoxy) is 1. The lowest BCUT2D eigenvalue weighted by atomic mass is 10.3. The maximum Gasteiger partial charge on any atom is 0.270 e. The average molecular weight is 341 g/mol. The van der Waals surface area contributed by atoms with E-state index < -0.39 is 0 Å². The first-order chi connectivity index (χ1) is 12.2. The smallest absolute Gasteiger partial charge is 0.270 e. The second-order valence-electron chi connectivity index (χ2n) is 6.02. The molecule has 1 aliphatic rings. The summed E-state index contributed by atoms with van der Waals surface area (Å²) in [6.45, 7) is 2.84. The molecule has 0 spiro atoms. The molecule has 0 atom stereocenters. The lowest BCUT2D eigenvalue weighted by Crippen LogP contribution is -2.37. The number of carbonyl (C=O) groups excluding carboxylic acids is 2. The minimum absolute atomic E-state index is 0.00768. The van der Waals surface area contributed by atoms with Crippen LogP contribution in [0.15, 0.2) is 48.7 Å². The van der Waals surface area contributed by atoms with E-state index in [1.165, 1.54) is 0 Å². The maximum atomic E-state index is 12.4. The van der Waals surface area contributed by atoms with E-state index in [0.717, 1.165) is 12.2 Å². The van der Waals surface area contributed by atoms with Crippen molar-refractivity contribution >= 4 is 11.8 Å². The first kappa shape index (κ1) is 17.1. The Bertz CT molecular complexity index is 685. The van der Waals surface area contributed by atoms with Crippen LogP contribution in [0.25, 0.3) is 0 Å². The fourth-order valence-corrected chi connectivity index (χ4v) is 2.93. The van der Waals surface area contributed by atoms with E-state index in [9.17, 15) is 9.59 Å². The van der Waals surface area contributed by atoms with Gasteiger partial charge in [0, 0.05) is 32.4 Å². The molecule has 1 aromatic heterocycles. The van der Waals surface area contributed by atoms with Gasteiger partial charge in [0.15, 0.2) is 0 Å². The Labute approximate surface area is 147 Å². The number of nitrogens with zero attached hydrogens (tertiary/aromatic N) is 2. The summed E-state index contributed by atoms with van der Waals surface area (Å²) >= 11 is 0. The van der Waals surface area contributed by atoms with Gasteiger partial charge in [-0.2, -0.15) is 0 Å². The molecule has 0 radical (unpaired) electrons. The molecule has 132 valence electrons. The molecular formula is C19H23N3O3. The Morgan fingerprint density at radius 1 is 0.960 bits per heavy atom. The van der Waals surface area contributed by atoms with Gasteiger partial charge in [-0.1, -0.05) is 18.2 Å². The molecular weight excluding hydrogens is 318 g/mol. The van der Waals surface area contributed by atoms with Crippen molar-refractivity contribution in [3.05, 3.63) is 54.4 Å². The third kappa shape index (κ3) is 4.62. The number of benzene rings is 1. The zero-order valence-electron chi connectivity index (χ0n) is 14.2. The van der Waals surface area contributed by atoms with Gasteiger partial charge in [0.25, 0.3) is 5.91 Å². The lowest BCUT2D eigenvalue weighted by molar-refractivity contribution is -0.131. The number of aromatic amines is 1. The van der Waals surface area contributed by atoms with E-state index in [2.05, 4.69) is 4.98 Å². The summed E-state index contributed by atoms with van der Waals surface area (Å²) < 4.78 is 5.59. The molecule has 6 nitrogen and oxygen atoms in total. The van der Waals surface area contributed by atoms with Crippen LogP contribution in [0.4, 0.5) is 0 Å². The highest BCUT2D eigenvalue weighted by atomic mass is 16.5. The summed E-state index contributed by atoms with van der Waals surface area (Å²) in [6, 6.07) is 13.1. The summed E-state index contributed by atoms with van der Waals surface area (Å²) in [5.74, 6) is 0.839. The van der Waals surface area contributed by atoms with Crippen LogP contribution in [-0.2, 0) is 4.79 Å². The Morgan fingerprint density at radius 3 is 2.48 bits per heavy atom. The highest BCUT2D eigenvalue weighted by Crippen LogP contribution is 2.11. The molecule has 2 heterocycles. The molecule has 6 heteroatoms. The second-order valence-corrected chi connectivity index (χ2v) is 6.02. The van der Waals surface area contributed by atoms with Crippen molar-refractivity contribution in [3.8, 4) is 5.75 Å². The minimum Gasteiger partial charge on any atom is -0.493 e. The Hall–Kier alpha value is -2.76. The molecule has 1 N–H and O–H groups in total. The molecule has 0 bridgehead atoms. The van der Waals surface area contributed by atoms with Gasteiger partial charge in [-0.15, -0.1) is 0 Å². The van der Waals surface area contributed by atoms with Crippen LogP contribution >= 0.6 is 0 Å². The van der Waals surface area contributed by atoms with Crippen molar-refractivity contribution in [2.75, 3.05) is 32.8 Å². The first-order valence-electron chi connectivity index (χ1n) is 8.62. The fourth-order valence-electron chi connectivity index (χ4n) is 2.93. The summed E-state index contributed by atoms with van der Waals surface area (Å²) in [7, 11) is 0. The predicted octanol–water partition coefficient (Wildman–Crippen LogP) is 2.16. The molecule has 25 heavy (non-hydrogen) atoms. The van der Waals surface area contributed by atoms with E-state index in [-0.39, 0.29) is 11.8 Å². The third-order valence-electron chi connectivity index (χ3n) is 4.29. The van der Waals surface area contributed by atoms with Gasteiger partial charge in [-0.05, 0) is 30.7 Å². The number of rotatable bonds is 5. The number of carbonyl (C=O) groups is 2. The van der Waals surface area contributed by atoms with Crippen LogP contribution in [0.5, 0.6) is 5.75 Å². The summed E-state index contributed by atoms with van der Waals surface area (Å²) in [6.07, 6.45) is 2.88. The van der Waals surface area contributed by atoms with Crippen molar-refractivity contribution in [3.63, 3.8) is 0 Å². The Morgan fingerprint density at radius 2 is 1.72 bits per heavy atom. The SMILES string of the molecule is O=C(CCOc1ccccc1)N1CCCN(C(=O)c2ccc[nH]2)CC1. The van der Waals surface area contributed by atoms with E-state index in [0.29, 0.717) is 44.9 Å². The van der Waals surface area contributed by atoms with Crippen LogP contribution in [0.1, 0.15) is 23.3 Å². The van der Waals surface area contributed by atoms with Gasteiger partial charge in [0.1, 0.15) is 11.4 Å². The Balaban J connectivity index is 1.45. The highest BCUT2D eigenvalue weighted by Gasteiger charge is 2.23. The largest absolute Gasteiger partial charge is 0.493 e. The van der Waals surface area contributed by atoms with Crippen molar-refractivity contribution in [1.82, 2.24) is 14.8 Å². The normalized spacial score (nSPS) is 14.9. The van der Waals surface area contributed by atoms with Crippen molar-refractivity contribution in [1.29, 1.82) is 0 Å². The number of nitrogens with one attached hydrogen (secondary N) is 1. The van der Waals surface area contributed by atoms with Crippen LogP contribution in [-0.4, -0.2) is 59.4 Å². The molecule has 0 saturated carbocycles. The summed E-state index contributed by atoms with van der Waals surface area (Å²) in [5, 5.41) is 0. The van der Waals surface area contributed by atoms with Gasteiger partial charge in [-0.25, -0.2) is 0 Å². The topological polar surface area (TPSA) is 65.6 Å². The first-order valence-corrected chi connectivity index (χ1v) is 8.62. The van der Waals surface area contributed by atoms with Gasteiger partial charge in [0.05, 0.1) is 13.0 Å². The molecule has 1 aliphatic heterocycles. The molecule has 0 unspecified atom stereocenters. The fraction of sp³-hybridized carbons (Fsp3) is 0.368. The number of amides is 2. The zero-order chi connectivity index (χ0) is 17.5. The van der Waals surface area contributed by atoms with Crippen LogP contribution < -0.4 is 4.74 Å². The molecule has 1 saturated heterocycles. The zero-order valence-corrected chi connectivity index (χ0v) is 14.2. The number of hydrogen-bond donors (Lipinski definition) is 1. The quantitative estimate of drug-likeness (QED) is 0.906. The Kier molecular flexibility index (Phi) is 5.72. The van der Waals surface area contributed by atoms with Crippen LogP contribution in [0.2, 0.25) is 0 Å². The van der Waals surface area contributed by atoms with Crippen molar-refractivity contribution < 1.29 is 14.3 Å². The van der Waals surface area contributed by atoms with Crippen molar-refractivity contribution in [2.45, 2.75) is 12.8 Å². The maximum absolute atomic E-state index is 12.4. The number of H-pyrrole nitrogens is 1. The number of aromatic nitrogens is 1. The molecule has 3 rings (SSSR count). The van der Waals surface area contributed by atoms with E-state index in [1.807, 2.05) is 41.3 Å². The number of hydrogen-bond acceptors (Lipinski definition) is 3. The average Bonchev–Trinajstić information content (AvgIpc) is 3.06. The predicted molar refractivity (Wildman–Crippen MR) is 94.4 cm³/mol. The highest BCUT2D eigenvalue weighted by molar-refractivity contribution is 5.92. The molecule has 1 fully saturated rings. The molecule has 2 aromatic rings. The molecule has 0 aliphatic carbocycles. The summed E-state index contributed by atoms with van der Waals surface area (Å²) in [4.78, 5) is 31.4. The van der Waals surface area contributed by atoms with Gasteiger partial charge >= 0.3 is 0 Å². The van der Waals surface area contributed by atoms with E-state index in [4.69, 9.17) is 4.74 Å². The summed E-state index contributed by atoms with van der Waals surface area (Å²) in [5.41, 5.74) is 0.594. The van der Waals surface area contributed by atoms with Gasteiger partial charge in [0.2, 0.25) is 5.91 Å². The molecule has 1 aromatic carbocycles. The van der Waals surface area contributed by atoms with Crippen LogP contribution in [0, 0.1) is 0 Å². The van der Waals surface area contributed by atoms with E-state index in [1.54, 1.807) is 17.2 Å². The van der Waals surface area contributed by atoms with Gasteiger partial charge < -0.3 is 19.5 Å². The second kappa shape index (κ2) is 8.37. The molecule has 2 amide bonds.